The third kappa shape index (κ3) is 3.67. The smallest absolute Gasteiger partial charge is 0.294 e. The zero-order chi connectivity index (χ0) is 16.6. The van der Waals surface area contributed by atoms with Crippen LogP contribution in [-0.4, -0.2) is 27.9 Å². The number of hydrogen-bond donors (Lipinski definition) is 2. The Labute approximate surface area is 141 Å². The molecule has 0 saturated heterocycles. The molecule has 3 rings (SSSR count). The Balaban J connectivity index is 1.97. The molecule has 0 amide bonds. The molecule has 1 heterocycles. The summed E-state index contributed by atoms with van der Waals surface area (Å²) >= 11 is 11.4. The molecule has 23 heavy (non-hydrogen) atoms. The van der Waals surface area contributed by atoms with Gasteiger partial charge in [-0.1, -0.05) is 12.1 Å². The van der Waals surface area contributed by atoms with Crippen LogP contribution >= 0.6 is 23.2 Å². The summed E-state index contributed by atoms with van der Waals surface area (Å²) in [5.41, 5.74) is 0.649. The highest BCUT2D eigenvalue weighted by molar-refractivity contribution is 7.85. The predicted octanol–water partition coefficient (Wildman–Crippen LogP) is 3.32. The lowest BCUT2D eigenvalue weighted by molar-refractivity contribution is 0.483. The molecule has 0 aliphatic rings. The summed E-state index contributed by atoms with van der Waals surface area (Å²) in [6.07, 6.45) is 0. The van der Waals surface area contributed by atoms with E-state index in [1.54, 1.807) is 24.3 Å². The highest BCUT2D eigenvalue weighted by Crippen LogP contribution is 2.24. The first-order valence-electron chi connectivity index (χ1n) is 6.17. The van der Waals surface area contributed by atoms with Gasteiger partial charge in [-0.2, -0.15) is 23.4 Å². The number of fused-ring (bicyclic) bond motifs is 1. The SMILES string of the molecule is O=S(=O)(O)c1ccc2cc(Nc3nc(Cl)nc(Cl)n3)ccc2c1. The van der Waals surface area contributed by atoms with Crippen molar-refractivity contribution in [2.24, 2.45) is 0 Å². The molecular formula is C13H8Cl2N4O3S. The van der Waals surface area contributed by atoms with Crippen LogP contribution in [0.15, 0.2) is 41.3 Å². The Bertz CT molecular complexity index is 991. The quantitative estimate of drug-likeness (QED) is 0.681. The van der Waals surface area contributed by atoms with Crippen LogP contribution < -0.4 is 5.32 Å². The Morgan fingerprint density at radius 3 is 2.17 bits per heavy atom. The largest absolute Gasteiger partial charge is 0.324 e. The van der Waals surface area contributed by atoms with Crippen molar-refractivity contribution in [3.8, 4) is 0 Å². The Morgan fingerprint density at radius 2 is 1.52 bits per heavy atom. The number of hydrogen-bond acceptors (Lipinski definition) is 6. The summed E-state index contributed by atoms with van der Waals surface area (Å²) in [7, 11) is -4.23. The van der Waals surface area contributed by atoms with Crippen LogP contribution in [0.1, 0.15) is 0 Å². The summed E-state index contributed by atoms with van der Waals surface area (Å²) in [6.45, 7) is 0. The number of nitrogens with one attached hydrogen (secondary N) is 1. The number of nitrogens with zero attached hydrogens (tertiary/aromatic N) is 3. The lowest BCUT2D eigenvalue weighted by Crippen LogP contribution is -2.00. The van der Waals surface area contributed by atoms with E-state index in [0.717, 1.165) is 5.39 Å². The van der Waals surface area contributed by atoms with E-state index in [-0.39, 0.29) is 21.4 Å². The van der Waals surface area contributed by atoms with E-state index in [2.05, 4.69) is 20.3 Å². The van der Waals surface area contributed by atoms with Crippen LogP contribution in [0, 0.1) is 0 Å². The summed E-state index contributed by atoms with van der Waals surface area (Å²) in [5.74, 6) is 0.184. The van der Waals surface area contributed by atoms with E-state index < -0.39 is 10.1 Å². The minimum Gasteiger partial charge on any atom is -0.324 e. The van der Waals surface area contributed by atoms with Gasteiger partial charge < -0.3 is 5.32 Å². The summed E-state index contributed by atoms with van der Waals surface area (Å²) < 4.78 is 31.4. The van der Waals surface area contributed by atoms with Crippen molar-refractivity contribution in [3.05, 3.63) is 47.0 Å². The molecule has 118 valence electrons. The molecule has 0 aliphatic carbocycles. The molecule has 3 aromatic rings. The first kappa shape index (κ1) is 15.9. The van der Waals surface area contributed by atoms with Crippen molar-refractivity contribution < 1.29 is 13.0 Å². The van der Waals surface area contributed by atoms with Crippen molar-refractivity contribution in [1.29, 1.82) is 0 Å². The average Bonchev–Trinajstić information content (AvgIpc) is 2.44. The predicted molar refractivity (Wildman–Crippen MR) is 86.9 cm³/mol. The molecule has 10 heteroatoms. The van der Waals surface area contributed by atoms with E-state index in [9.17, 15) is 8.42 Å². The molecule has 2 aromatic carbocycles. The third-order valence-corrected chi connectivity index (χ3v) is 4.13. The van der Waals surface area contributed by atoms with Crippen LogP contribution in [0.25, 0.3) is 10.8 Å². The van der Waals surface area contributed by atoms with Crippen molar-refractivity contribution in [2.75, 3.05) is 5.32 Å². The molecule has 1 aromatic heterocycles. The van der Waals surface area contributed by atoms with Gasteiger partial charge in [-0.15, -0.1) is 0 Å². The van der Waals surface area contributed by atoms with Gasteiger partial charge in [0, 0.05) is 5.69 Å². The van der Waals surface area contributed by atoms with E-state index in [1.165, 1.54) is 12.1 Å². The van der Waals surface area contributed by atoms with Gasteiger partial charge in [0.25, 0.3) is 10.1 Å². The zero-order valence-electron chi connectivity index (χ0n) is 11.2. The van der Waals surface area contributed by atoms with Crippen molar-refractivity contribution in [1.82, 2.24) is 15.0 Å². The number of aromatic nitrogens is 3. The molecule has 0 saturated carbocycles. The fraction of sp³-hybridized carbons (Fsp3) is 0. The maximum Gasteiger partial charge on any atom is 0.294 e. The molecule has 0 fully saturated rings. The maximum absolute atomic E-state index is 11.1. The molecule has 0 bridgehead atoms. The molecule has 0 spiro atoms. The number of anilines is 2. The molecule has 0 unspecified atom stereocenters. The topological polar surface area (TPSA) is 105 Å². The van der Waals surface area contributed by atoms with Crippen LogP contribution in [0.3, 0.4) is 0 Å². The Hall–Kier alpha value is -2.00. The molecule has 0 aliphatic heterocycles. The van der Waals surface area contributed by atoms with E-state index in [4.69, 9.17) is 27.8 Å². The van der Waals surface area contributed by atoms with Crippen molar-refractivity contribution in [3.63, 3.8) is 0 Å². The summed E-state index contributed by atoms with van der Waals surface area (Å²) in [4.78, 5) is 11.3. The van der Waals surface area contributed by atoms with Gasteiger partial charge in [0.05, 0.1) is 4.90 Å². The monoisotopic (exact) mass is 370 g/mol. The standard InChI is InChI=1S/C13H8Cl2N4O3S/c14-11-17-12(15)19-13(18-11)16-9-3-1-8-6-10(23(20,21)22)4-2-7(8)5-9/h1-6H,(H,20,21,22)(H,16,17,18,19). The average molecular weight is 371 g/mol. The first-order valence-corrected chi connectivity index (χ1v) is 8.36. The minimum atomic E-state index is -4.23. The van der Waals surface area contributed by atoms with Crippen molar-refractivity contribution in [2.45, 2.75) is 4.90 Å². The molecular weight excluding hydrogens is 363 g/mol. The lowest BCUT2D eigenvalue weighted by atomic mass is 10.1. The minimum absolute atomic E-state index is 0.0360. The first-order chi connectivity index (χ1) is 10.8. The second-order valence-corrected chi connectivity index (χ2v) is 6.62. The summed E-state index contributed by atoms with van der Waals surface area (Å²) in [6, 6.07) is 9.42. The van der Waals surface area contributed by atoms with Crippen LogP contribution in [0.2, 0.25) is 10.6 Å². The third-order valence-electron chi connectivity index (χ3n) is 2.95. The fourth-order valence-corrected chi connectivity index (χ4v) is 2.85. The summed E-state index contributed by atoms with van der Waals surface area (Å²) in [5, 5.41) is 4.26. The van der Waals surface area contributed by atoms with Crippen LogP contribution in [-0.2, 0) is 10.1 Å². The van der Waals surface area contributed by atoms with Gasteiger partial charge in [-0.25, -0.2) is 0 Å². The Kier molecular flexibility index (Phi) is 4.07. The van der Waals surface area contributed by atoms with E-state index >= 15 is 0 Å². The normalized spacial score (nSPS) is 11.6. The van der Waals surface area contributed by atoms with Gasteiger partial charge in [0.2, 0.25) is 16.5 Å². The van der Waals surface area contributed by atoms with Crippen LogP contribution in [0.5, 0.6) is 0 Å². The fourth-order valence-electron chi connectivity index (χ4n) is 1.97. The van der Waals surface area contributed by atoms with E-state index in [1.807, 2.05) is 0 Å². The molecule has 0 radical (unpaired) electrons. The number of benzene rings is 2. The lowest BCUT2D eigenvalue weighted by Gasteiger charge is -2.07. The second-order valence-electron chi connectivity index (χ2n) is 4.52. The Morgan fingerprint density at radius 1 is 0.913 bits per heavy atom. The van der Waals surface area contributed by atoms with Crippen molar-refractivity contribution >= 4 is 55.7 Å². The van der Waals surface area contributed by atoms with Gasteiger partial charge in [-0.05, 0) is 58.2 Å². The second kappa shape index (κ2) is 5.89. The molecule has 7 nitrogen and oxygen atoms in total. The number of rotatable bonds is 3. The number of halogens is 2. The van der Waals surface area contributed by atoms with E-state index in [0.29, 0.717) is 11.1 Å². The highest BCUT2D eigenvalue weighted by Gasteiger charge is 2.10. The molecule has 2 N–H and O–H groups in total. The zero-order valence-corrected chi connectivity index (χ0v) is 13.6. The van der Waals surface area contributed by atoms with Gasteiger partial charge in [-0.3, -0.25) is 4.55 Å². The molecule has 0 atom stereocenters. The maximum atomic E-state index is 11.1. The van der Waals surface area contributed by atoms with Gasteiger partial charge >= 0.3 is 0 Å². The highest BCUT2D eigenvalue weighted by atomic mass is 35.5. The van der Waals surface area contributed by atoms with Crippen LogP contribution in [0.4, 0.5) is 11.6 Å². The van der Waals surface area contributed by atoms with Gasteiger partial charge in [0.1, 0.15) is 0 Å². The van der Waals surface area contributed by atoms with Gasteiger partial charge in [0.15, 0.2) is 0 Å².